The molecular weight excluding hydrogens is 264 g/mol. The van der Waals surface area contributed by atoms with Crippen LogP contribution < -0.4 is 5.73 Å². The molecule has 3 heteroatoms. The van der Waals surface area contributed by atoms with E-state index in [0.29, 0.717) is 6.04 Å². The molecule has 0 radical (unpaired) electrons. The molecule has 114 valence electrons. The molecule has 1 saturated heterocycles. The first-order chi connectivity index (χ1) is 9.63. The molecule has 0 saturated carbocycles. The molecule has 1 aromatic rings. The number of hydrogen-bond donors (Lipinski definition) is 1. The lowest BCUT2D eigenvalue weighted by molar-refractivity contribution is 0.174. The van der Waals surface area contributed by atoms with Gasteiger partial charge < -0.3 is 5.73 Å². The number of rotatable bonds is 5. The molecule has 2 rings (SSSR count). The maximum absolute atomic E-state index is 6.45. The van der Waals surface area contributed by atoms with Crippen LogP contribution in [0.3, 0.4) is 0 Å². The SMILES string of the molecule is CCC(N)C(c1cccs1)N1CCCC(C(C)C)CC1. The van der Waals surface area contributed by atoms with Gasteiger partial charge in [0, 0.05) is 10.9 Å². The highest BCUT2D eigenvalue weighted by Gasteiger charge is 2.29. The summed E-state index contributed by atoms with van der Waals surface area (Å²) in [6.07, 6.45) is 5.08. The van der Waals surface area contributed by atoms with Crippen molar-refractivity contribution >= 4 is 11.3 Å². The Morgan fingerprint density at radius 2 is 2.15 bits per heavy atom. The van der Waals surface area contributed by atoms with Crippen LogP contribution in [0.1, 0.15) is 57.4 Å². The molecule has 1 aliphatic heterocycles. The molecule has 1 fully saturated rings. The van der Waals surface area contributed by atoms with Crippen molar-refractivity contribution in [1.29, 1.82) is 0 Å². The number of nitrogens with zero attached hydrogens (tertiary/aromatic N) is 1. The Kier molecular flexibility index (Phi) is 6.06. The molecule has 0 amide bonds. The van der Waals surface area contributed by atoms with Crippen molar-refractivity contribution < 1.29 is 0 Å². The molecule has 3 atom stereocenters. The monoisotopic (exact) mass is 294 g/mol. The van der Waals surface area contributed by atoms with Crippen LogP contribution in [0.4, 0.5) is 0 Å². The van der Waals surface area contributed by atoms with Crippen LogP contribution in [-0.4, -0.2) is 24.0 Å². The first-order valence-corrected chi connectivity index (χ1v) is 9.04. The van der Waals surface area contributed by atoms with Gasteiger partial charge in [-0.1, -0.05) is 26.8 Å². The fraction of sp³-hybridized carbons (Fsp3) is 0.765. The minimum absolute atomic E-state index is 0.254. The van der Waals surface area contributed by atoms with Crippen molar-refractivity contribution in [2.45, 2.75) is 58.5 Å². The van der Waals surface area contributed by atoms with E-state index in [1.54, 1.807) is 0 Å². The summed E-state index contributed by atoms with van der Waals surface area (Å²) in [5, 5.41) is 2.18. The maximum atomic E-state index is 6.45. The molecule has 0 spiro atoms. The molecule has 20 heavy (non-hydrogen) atoms. The van der Waals surface area contributed by atoms with E-state index in [0.717, 1.165) is 18.3 Å². The van der Waals surface area contributed by atoms with Crippen LogP contribution in [-0.2, 0) is 0 Å². The van der Waals surface area contributed by atoms with E-state index in [4.69, 9.17) is 5.73 Å². The lowest BCUT2D eigenvalue weighted by Crippen LogP contribution is -2.41. The fourth-order valence-electron chi connectivity index (χ4n) is 3.43. The van der Waals surface area contributed by atoms with Crippen molar-refractivity contribution in [3.63, 3.8) is 0 Å². The van der Waals surface area contributed by atoms with Gasteiger partial charge in [0.25, 0.3) is 0 Å². The molecule has 1 aliphatic rings. The Labute approximate surface area is 128 Å². The van der Waals surface area contributed by atoms with E-state index in [1.807, 2.05) is 11.3 Å². The van der Waals surface area contributed by atoms with Crippen LogP contribution >= 0.6 is 11.3 Å². The first kappa shape index (κ1) is 16.0. The molecule has 0 bridgehead atoms. The van der Waals surface area contributed by atoms with E-state index < -0.39 is 0 Å². The summed E-state index contributed by atoms with van der Waals surface area (Å²) in [6, 6.07) is 5.09. The standard InChI is InChI=1S/C17H30N2S/c1-4-15(18)17(16-8-6-12-20-16)19-10-5-7-14(9-11-19)13(2)3/h6,8,12-15,17H,4-5,7,9-11,18H2,1-3H3. The molecule has 2 N–H and O–H groups in total. The normalized spacial score (nSPS) is 24.6. The average molecular weight is 295 g/mol. The summed E-state index contributed by atoms with van der Waals surface area (Å²) in [4.78, 5) is 4.10. The minimum Gasteiger partial charge on any atom is -0.326 e. The third-order valence-corrected chi connectivity index (χ3v) is 5.80. The van der Waals surface area contributed by atoms with Crippen LogP contribution in [0.2, 0.25) is 0 Å². The predicted octanol–water partition coefficient (Wildman–Crippen LogP) is 4.28. The van der Waals surface area contributed by atoms with Crippen molar-refractivity contribution in [2.75, 3.05) is 13.1 Å². The summed E-state index contributed by atoms with van der Waals surface area (Å²) in [6.45, 7) is 9.36. The predicted molar refractivity (Wildman–Crippen MR) is 89.1 cm³/mol. The van der Waals surface area contributed by atoms with Gasteiger partial charge in [0.2, 0.25) is 0 Å². The van der Waals surface area contributed by atoms with Gasteiger partial charge in [0.15, 0.2) is 0 Å². The van der Waals surface area contributed by atoms with Crippen LogP contribution in [0.15, 0.2) is 17.5 Å². The Morgan fingerprint density at radius 3 is 2.75 bits per heavy atom. The van der Waals surface area contributed by atoms with E-state index in [2.05, 4.69) is 43.2 Å². The topological polar surface area (TPSA) is 29.3 Å². The number of thiophene rings is 1. The van der Waals surface area contributed by atoms with Gasteiger partial charge in [-0.15, -0.1) is 11.3 Å². The van der Waals surface area contributed by atoms with Gasteiger partial charge in [-0.3, -0.25) is 4.90 Å². The van der Waals surface area contributed by atoms with Gasteiger partial charge in [-0.25, -0.2) is 0 Å². The van der Waals surface area contributed by atoms with E-state index in [9.17, 15) is 0 Å². The second-order valence-corrected chi connectivity index (χ2v) is 7.48. The fourth-order valence-corrected chi connectivity index (χ4v) is 4.37. The van der Waals surface area contributed by atoms with Crippen molar-refractivity contribution in [2.24, 2.45) is 17.6 Å². The smallest absolute Gasteiger partial charge is 0.0593 e. The second kappa shape index (κ2) is 7.58. The summed E-state index contributed by atoms with van der Waals surface area (Å²) < 4.78 is 0. The van der Waals surface area contributed by atoms with Gasteiger partial charge in [-0.05, 0) is 62.1 Å². The van der Waals surface area contributed by atoms with E-state index >= 15 is 0 Å². The van der Waals surface area contributed by atoms with E-state index in [1.165, 1.54) is 37.2 Å². The molecule has 0 aliphatic carbocycles. The zero-order valence-corrected chi connectivity index (χ0v) is 14.0. The molecule has 2 nitrogen and oxygen atoms in total. The number of nitrogens with two attached hydrogens (primary N) is 1. The number of hydrogen-bond acceptors (Lipinski definition) is 3. The van der Waals surface area contributed by atoms with Crippen LogP contribution in [0.5, 0.6) is 0 Å². The number of likely N-dealkylation sites (tertiary alicyclic amines) is 1. The highest BCUT2D eigenvalue weighted by molar-refractivity contribution is 7.10. The van der Waals surface area contributed by atoms with Gasteiger partial charge in [0.05, 0.1) is 6.04 Å². The van der Waals surface area contributed by atoms with Gasteiger partial charge >= 0.3 is 0 Å². The summed E-state index contributed by atoms with van der Waals surface area (Å²) in [7, 11) is 0. The third kappa shape index (κ3) is 3.84. The largest absolute Gasteiger partial charge is 0.326 e. The van der Waals surface area contributed by atoms with Crippen molar-refractivity contribution in [3.8, 4) is 0 Å². The van der Waals surface area contributed by atoms with E-state index in [-0.39, 0.29) is 6.04 Å². The van der Waals surface area contributed by atoms with Crippen molar-refractivity contribution in [3.05, 3.63) is 22.4 Å². The van der Waals surface area contributed by atoms with Crippen LogP contribution in [0.25, 0.3) is 0 Å². The average Bonchev–Trinajstić information content (AvgIpc) is 2.83. The Bertz CT molecular complexity index is 374. The second-order valence-electron chi connectivity index (χ2n) is 6.50. The first-order valence-electron chi connectivity index (χ1n) is 8.16. The molecular formula is C17H30N2S. The van der Waals surface area contributed by atoms with Gasteiger partial charge in [-0.2, -0.15) is 0 Å². The van der Waals surface area contributed by atoms with Crippen molar-refractivity contribution in [1.82, 2.24) is 4.90 Å². The molecule has 3 unspecified atom stereocenters. The zero-order valence-electron chi connectivity index (χ0n) is 13.2. The maximum Gasteiger partial charge on any atom is 0.0593 e. The summed E-state index contributed by atoms with van der Waals surface area (Å²) >= 11 is 1.86. The Hall–Kier alpha value is -0.380. The molecule has 0 aromatic carbocycles. The zero-order chi connectivity index (χ0) is 14.5. The highest BCUT2D eigenvalue weighted by Crippen LogP contribution is 2.33. The molecule has 2 heterocycles. The lowest BCUT2D eigenvalue weighted by atomic mass is 9.89. The minimum atomic E-state index is 0.254. The Morgan fingerprint density at radius 1 is 1.35 bits per heavy atom. The lowest BCUT2D eigenvalue weighted by Gasteiger charge is -2.34. The summed E-state index contributed by atoms with van der Waals surface area (Å²) in [5.74, 6) is 1.71. The van der Waals surface area contributed by atoms with Crippen LogP contribution in [0, 0.1) is 11.8 Å². The molecule has 1 aromatic heterocycles. The Balaban J connectivity index is 2.09. The highest BCUT2D eigenvalue weighted by atomic mass is 32.1. The van der Waals surface area contributed by atoms with Gasteiger partial charge in [0.1, 0.15) is 0 Å². The quantitative estimate of drug-likeness (QED) is 0.878. The summed E-state index contributed by atoms with van der Waals surface area (Å²) in [5.41, 5.74) is 6.45. The third-order valence-electron chi connectivity index (χ3n) is 4.86.